The number of hydrogen-bond acceptors (Lipinski definition) is 3. The van der Waals surface area contributed by atoms with Crippen molar-refractivity contribution in [1.29, 1.82) is 0 Å². The monoisotopic (exact) mass is 310 g/mol. The summed E-state index contributed by atoms with van der Waals surface area (Å²) in [4.78, 5) is 11.2. The SMILES string of the molecule is Cn1cc(CNS(=O)(=O)Cc2ccc(F)cc2)ccc1=O. The summed E-state index contributed by atoms with van der Waals surface area (Å²) in [6.07, 6.45) is 1.57. The molecule has 0 aliphatic carbocycles. The molecular weight excluding hydrogens is 295 g/mol. The molecule has 2 rings (SSSR count). The van der Waals surface area contributed by atoms with E-state index in [9.17, 15) is 17.6 Å². The molecule has 0 spiro atoms. The highest BCUT2D eigenvalue weighted by atomic mass is 32.2. The van der Waals surface area contributed by atoms with Crippen LogP contribution in [-0.2, 0) is 29.4 Å². The van der Waals surface area contributed by atoms with Crippen molar-refractivity contribution in [3.63, 3.8) is 0 Å². The molecule has 0 saturated carbocycles. The highest BCUT2D eigenvalue weighted by molar-refractivity contribution is 7.88. The molecule has 21 heavy (non-hydrogen) atoms. The average molecular weight is 310 g/mol. The minimum absolute atomic E-state index is 0.0949. The lowest BCUT2D eigenvalue weighted by Crippen LogP contribution is -2.25. The first-order valence-electron chi connectivity index (χ1n) is 6.23. The summed E-state index contributed by atoms with van der Waals surface area (Å²) < 4.78 is 40.5. The lowest BCUT2D eigenvalue weighted by molar-refractivity contribution is 0.579. The van der Waals surface area contributed by atoms with Gasteiger partial charge in [-0.25, -0.2) is 17.5 Å². The van der Waals surface area contributed by atoms with Gasteiger partial charge < -0.3 is 4.57 Å². The van der Waals surface area contributed by atoms with E-state index in [1.54, 1.807) is 19.3 Å². The van der Waals surface area contributed by atoms with E-state index in [1.807, 2.05) is 0 Å². The van der Waals surface area contributed by atoms with Crippen LogP contribution in [0.5, 0.6) is 0 Å². The average Bonchev–Trinajstić information content (AvgIpc) is 2.43. The number of sulfonamides is 1. The third-order valence-corrected chi connectivity index (χ3v) is 4.21. The highest BCUT2D eigenvalue weighted by Gasteiger charge is 2.11. The van der Waals surface area contributed by atoms with E-state index in [2.05, 4.69) is 4.72 Å². The van der Waals surface area contributed by atoms with E-state index in [4.69, 9.17) is 0 Å². The Morgan fingerprint density at radius 1 is 1.10 bits per heavy atom. The third kappa shape index (κ3) is 4.51. The van der Waals surface area contributed by atoms with Crippen LogP contribution >= 0.6 is 0 Å². The van der Waals surface area contributed by atoms with E-state index >= 15 is 0 Å². The standard InChI is InChI=1S/C14H15FN2O3S/c1-17-9-12(4-7-14(17)18)8-16-21(19,20)10-11-2-5-13(15)6-3-11/h2-7,9,16H,8,10H2,1H3. The fourth-order valence-corrected chi connectivity index (χ4v) is 2.92. The molecule has 7 heteroatoms. The Labute approximate surface area is 122 Å². The summed E-state index contributed by atoms with van der Waals surface area (Å²) >= 11 is 0. The second kappa shape index (κ2) is 6.19. The first-order chi connectivity index (χ1) is 9.85. The van der Waals surface area contributed by atoms with Gasteiger partial charge >= 0.3 is 0 Å². The second-order valence-corrected chi connectivity index (χ2v) is 6.50. The Hall–Kier alpha value is -1.99. The predicted octanol–water partition coefficient (Wildman–Crippen LogP) is 1.14. The molecule has 0 saturated heterocycles. The van der Waals surface area contributed by atoms with Crippen molar-refractivity contribution in [2.24, 2.45) is 7.05 Å². The molecule has 1 heterocycles. The Morgan fingerprint density at radius 2 is 1.71 bits per heavy atom. The maximum Gasteiger partial charge on any atom is 0.250 e. The van der Waals surface area contributed by atoms with Crippen molar-refractivity contribution < 1.29 is 12.8 Å². The van der Waals surface area contributed by atoms with Crippen LogP contribution in [0.25, 0.3) is 0 Å². The molecule has 1 aromatic heterocycles. The number of nitrogens with zero attached hydrogens (tertiary/aromatic N) is 1. The van der Waals surface area contributed by atoms with Gasteiger partial charge in [-0.3, -0.25) is 4.79 Å². The highest BCUT2D eigenvalue weighted by Crippen LogP contribution is 2.07. The first-order valence-corrected chi connectivity index (χ1v) is 7.88. The minimum Gasteiger partial charge on any atom is -0.318 e. The van der Waals surface area contributed by atoms with Gasteiger partial charge in [-0.2, -0.15) is 0 Å². The van der Waals surface area contributed by atoms with Gasteiger partial charge in [-0.1, -0.05) is 18.2 Å². The number of hydrogen-bond donors (Lipinski definition) is 1. The van der Waals surface area contributed by atoms with Gasteiger partial charge in [0.1, 0.15) is 5.82 Å². The molecule has 0 fully saturated rings. The van der Waals surface area contributed by atoms with Crippen LogP contribution in [0.3, 0.4) is 0 Å². The number of rotatable bonds is 5. The van der Waals surface area contributed by atoms with Crippen LogP contribution in [0.1, 0.15) is 11.1 Å². The van der Waals surface area contributed by atoms with Crippen LogP contribution in [0, 0.1) is 5.82 Å². The second-order valence-electron chi connectivity index (χ2n) is 4.69. The fraction of sp³-hybridized carbons (Fsp3) is 0.214. The van der Waals surface area contributed by atoms with Crippen LogP contribution in [0.4, 0.5) is 4.39 Å². The van der Waals surface area contributed by atoms with E-state index < -0.39 is 15.8 Å². The molecule has 1 N–H and O–H groups in total. The molecule has 0 aliphatic heterocycles. The number of benzene rings is 1. The molecular formula is C14H15FN2O3S. The minimum atomic E-state index is -3.53. The molecule has 112 valence electrons. The maximum atomic E-state index is 12.8. The molecule has 0 bridgehead atoms. The lowest BCUT2D eigenvalue weighted by atomic mass is 10.2. The van der Waals surface area contributed by atoms with Gasteiger partial charge in [0.25, 0.3) is 0 Å². The summed E-state index contributed by atoms with van der Waals surface area (Å²) in [6, 6.07) is 8.25. The number of nitrogens with one attached hydrogen (secondary N) is 1. The van der Waals surface area contributed by atoms with Gasteiger partial charge in [0.15, 0.2) is 0 Å². The van der Waals surface area contributed by atoms with Gasteiger partial charge in [0.05, 0.1) is 5.75 Å². The van der Waals surface area contributed by atoms with Crippen LogP contribution in [0.15, 0.2) is 47.4 Å². The molecule has 0 aliphatic rings. The smallest absolute Gasteiger partial charge is 0.250 e. The number of aromatic nitrogens is 1. The van der Waals surface area contributed by atoms with Crippen molar-refractivity contribution in [3.8, 4) is 0 Å². The van der Waals surface area contributed by atoms with Crippen LogP contribution < -0.4 is 10.3 Å². The third-order valence-electron chi connectivity index (χ3n) is 2.91. The van der Waals surface area contributed by atoms with Gasteiger partial charge in [0, 0.05) is 25.9 Å². The Kier molecular flexibility index (Phi) is 4.54. The van der Waals surface area contributed by atoms with Crippen molar-refractivity contribution in [2.75, 3.05) is 0 Å². The summed E-state index contributed by atoms with van der Waals surface area (Å²) in [6.45, 7) is 0.0949. The summed E-state index contributed by atoms with van der Waals surface area (Å²) in [5.74, 6) is -0.631. The van der Waals surface area contributed by atoms with E-state index in [0.717, 1.165) is 0 Å². The zero-order chi connectivity index (χ0) is 15.5. The molecule has 0 radical (unpaired) electrons. The Balaban J connectivity index is 2.02. The Bertz CT molecular complexity index is 783. The summed E-state index contributed by atoms with van der Waals surface area (Å²) in [7, 11) is -1.93. The summed E-state index contributed by atoms with van der Waals surface area (Å²) in [5, 5.41) is 0. The van der Waals surface area contributed by atoms with Crippen molar-refractivity contribution >= 4 is 10.0 Å². The normalized spacial score (nSPS) is 11.5. The number of halogens is 1. The molecule has 5 nitrogen and oxygen atoms in total. The van der Waals surface area contributed by atoms with Gasteiger partial charge in [-0.05, 0) is 23.3 Å². The quantitative estimate of drug-likeness (QED) is 0.900. The Morgan fingerprint density at radius 3 is 2.33 bits per heavy atom. The topological polar surface area (TPSA) is 68.2 Å². The molecule has 1 aromatic carbocycles. The van der Waals surface area contributed by atoms with Crippen molar-refractivity contribution in [1.82, 2.24) is 9.29 Å². The molecule has 2 aromatic rings. The zero-order valence-electron chi connectivity index (χ0n) is 11.4. The zero-order valence-corrected chi connectivity index (χ0v) is 12.2. The molecule has 0 unspecified atom stereocenters. The predicted molar refractivity (Wildman–Crippen MR) is 77.5 cm³/mol. The largest absolute Gasteiger partial charge is 0.318 e. The van der Waals surface area contributed by atoms with E-state index in [0.29, 0.717) is 11.1 Å². The van der Waals surface area contributed by atoms with Gasteiger partial charge in [-0.15, -0.1) is 0 Å². The lowest BCUT2D eigenvalue weighted by Gasteiger charge is -2.08. The number of pyridine rings is 1. The summed E-state index contributed by atoms with van der Waals surface area (Å²) in [5.41, 5.74) is 1.03. The molecule has 0 atom stereocenters. The molecule has 0 amide bonds. The van der Waals surface area contributed by atoms with Crippen LogP contribution in [-0.4, -0.2) is 13.0 Å². The van der Waals surface area contributed by atoms with E-state index in [1.165, 1.54) is 34.9 Å². The first kappa shape index (κ1) is 15.4. The fourth-order valence-electron chi connectivity index (χ4n) is 1.80. The van der Waals surface area contributed by atoms with E-state index in [-0.39, 0.29) is 17.9 Å². The van der Waals surface area contributed by atoms with Gasteiger partial charge in [0.2, 0.25) is 15.6 Å². The van der Waals surface area contributed by atoms with Crippen LogP contribution in [0.2, 0.25) is 0 Å². The van der Waals surface area contributed by atoms with Crippen molar-refractivity contribution in [3.05, 3.63) is 69.9 Å². The maximum absolute atomic E-state index is 12.8. The number of aryl methyl sites for hydroxylation is 1. The van der Waals surface area contributed by atoms with Crippen molar-refractivity contribution in [2.45, 2.75) is 12.3 Å².